The smallest absolute Gasteiger partial charge is 0.285 e. The zero-order chi connectivity index (χ0) is 23.3. The van der Waals surface area contributed by atoms with Crippen LogP contribution in [0.5, 0.6) is 5.88 Å². The van der Waals surface area contributed by atoms with E-state index in [-0.39, 0.29) is 35.6 Å². The quantitative estimate of drug-likeness (QED) is 0.602. The highest BCUT2D eigenvalue weighted by Gasteiger charge is 2.36. The molecule has 2 aliphatic rings. The molecule has 0 unspecified atom stereocenters. The fourth-order valence-corrected chi connectivity index (χ4v) is 4.45. The minimum Gasteiger partial charge on any atom is -0.469 e. The molecule has 2 atom stereocenters. The molecule has 3 aromatic heterocycles. The van der Waals surface area contributed by atoms with Gasteiger partial charge in [-0.3, -0.25) is 9.48 Å². The lowest BCUT2D eigenvalue weighted by Crippen LogP contribution is -2.32. The normalized spacial score (nSPS) is 20.8. The average Bonchev–Trinajstić information content (AvgIpc) is 3.23. The summed E-state index contributed by atoms with van der Waals surface area (Å²) in [6.07, 6.45) is 0.164. The van der Waals surface area contributed by atoms with E-state index in [1.54, 1.807) is 4.90 Å². The van der Waals surface area contributed by atoms with Crippen LogP contribution in [-0.4, -0.2) is 63.5 Å². The van der Waals surface area contributed by atoms with Crippen LogP contribution in [0.2, 0.25) is 5.02 Å². The highest BCUT2D eigenvalue weighted by molar-refractivity contribution is 6.33. The van der Waals surface area contributed by atoms with Gasteiger partial charge >= 0.3 is 0 Å². The van der Waals surface area contributed by atoms with Crippen LogP contribution in [0.4, 0.5) is 14.5 Å². The Morgan fingerprint density at radius 3 is 2.79 bits per heavy atom. The fraction of sp³-hybridized carbons (Fsp3) is 0.429. The van der Waals surface area contributed by atoms with Crippen molar-refractivity contribution in [3.8, 4) is 17.0 Å². The first-order chi connectivity index (χ1) is 15.8. The number of nitrogens with one attached hydrogen (secondary N) is 1. The fourth-order valence-electron chi connectivity index (χ4n) is 4.24. The van der Waals surface area contributed by atoms with Crippen molar-refractivity contribution in [2.75, 3.05) is 31.2 Å². The monoisotopic (exact) mass is 478 g/mol. The molecule has 2 aliphatic heterocycles. The third-order valence-corrected chi connectivity index (χ3v) is 6.34. The number of alkyl halides is 1. The number of hydrogen-bond acceptors (Lipinski definition) is 7. The van der Waals surface area contributed by atoms with Crippen molar-refractivity contribution in [2.24, 2.45) is 0 Å². The van der Waals surface area contributed by atoms with E-state index in [4.69, 9.17) is 21.1 Å². The molecule has 0 bridgehead atoms. The summed E-state index contributed by atoms with van der Waals surface area (Å²) in [6, 6.07) is 1.59. The van der Waals surface area contributed by atoms with E-state index in [0.29, 0.717) is 30.2 Å². The lowest BCUT2D eigenvalue weighted by Gasteiger charge is -2.27. The van der Waals surface area contributed by atoms with Crippen LogP contribution in [0.3, 0.4) is 0 Å². The molecule has 0 radical (unpaired) electrons. The molecule has 0 spiro atoms. The number of aromatic amines is 1. The maximum atomic E-state index is 14.8. The summed E-state index contributed by atoms with van der Waals surface area (Å²) in [4.78, 5) is 17.3. The van der Waals surface area contributed by atoms with E-state index in [2.05, 4.69) is 20.3 Å². The second-order valence-electron chi connectivity index (χ2n) is 8.16. The number of H-pyrrole nitrogens is 1. The van der Waals surface area contributed by atoms with Crippen LogP contribution in [0.1, 0.15) is 17.4 Å². The third kappa shape index (κ3) is 3.84. The highest BCUT2D eigenvalue weighted by atomic mass is 35.5. The Bertz CT molecular complexity index is 1260. The van der Waals surface area contributed by atoms with Gasteiger partial charge in [0.15, 0.2) is 12.3 Å². The molecule has 0 aromatic carbocycles. The van der Waals surface area contributed by atoms with Crippen molar-refractivity contribution in [3.63, 3.8) is 0 Å². The van der Waals surface area contributed by atoms with E-state index in [1.807, 2.05) is 18.5 Å². The predicted octanol–water partition coefficient (Wildman–Crippen LogP) is 2.61. The Kier molecular flexibility index (Phi) is 5.53. The Labute approximate surface area is 192 Å². The van der Waals surface area contributed by atoms with E-state index in [9.17, 15) is 13.6 Å². The van der Waals surface area contributed by atoms with Gasteiger partial charge in [0.2, 0.25) is 5.88 Å². The van der Waals surface area contributed by atoms with Gasteiger partial charge in [0.1, 0.15) is 10.8 Å². The zero-order valence-corrected chi connectivity index (χ0v) is 18.6. The van der Waals surface area contributed by atoms with Crippen LogP contribution >= 0.6 is 11.6 Å². The maximum absolute atomic E-state index is 14.8. The van der Waals surface area contributed by atoms with E-state index < -0.39 is 23.7 Å². The number of aryl methyl sites for hydroxylation is 1. The first kappa shape index (κ1) is 21.8. The number of anilines is 1. The van der Waals surface area contributed by atoms with Gasteiger partial charge in [-0.25, -0.2) is 18.9 Å². The van der Waals surface area contributed by atoms with Crippen LogP contribution < -0.4 is 15.2 Å². The van der Waals surface area contributed by atoms with Gasteiger partial charge in [-0.05, 0) is 13.8 Å². The first-order valence-electron chi connectivity index (χ1n) is 10.4. The van der Waals surface area contributed by atoms with Crippen molar-refractivity contribution >= 4 is 17.3 Å². The minimum atomic E-state index is -1.37. The Morgan fingerprint density at radius 2 is 2.06 bits per heavy atom. The molecule has 3 aromatic rings. The van der Waals surface area contributed by atoms with Gasteiger partial charge in [0.25, 0.3) is 5.56 Å². The molecule has 0 aliphatic carbocycles. The lowest BCUT2D eigenvalue weighted by molar-refractivity contribution is -0.0295. The molecule has 33 heavy (non-hydrogen) atoms. The zero-order valence-electron chi connectivity index (χ0n) is 17.9. The van der Waals surface area contributed by atoms with Crippen molar-refractivity contribution in [1.29, 1.82) is 0 Å². The number of rotatable bonds is 5. The number of ether oxygens (including phenoxy) is 2. The predicted molar refractivity (Wildman–Crippen MR) is 116 cm³/mol. The number of hydrogen-bond donors (Lipinski definition) is 1. The number of nitrogens with zero attached hydrogens (tertiary/aromatic N) is 5. The molecule has 9 nitrogen and oxygen atoms in total. The van der Waals surface area contributed by atoms with Crippen molar-refractivity contribution in [1.82, 2.24) is 25.0 Å². The number of halogens is 3. The molecule has 5 rings (SSSR count). The molecule has 12 heteroatoms. The van der Waals surface area contributed by atoms with Crippen molar-refractivity contribution in [3.05, 3.63) is 51.0 Å². The van der Waals surface area contributed by atoms with Gasteiger partial charge in [-0.2, -0.15) is 10.2 Å². The van der Waals surface area contributed by atoms with Crippen LogP contribution in [-0.2, 0) is 4.74 Å². The Morgan fingerprint density at radius 1 is 1.27 bits per heavy atom. The molecule has 2 saturated heterocycles. The van der Waals surface area contributed by atoms with Gasteiger partial charge in [0.05, 0.1) is 56.1 Å². The largest absolute Gasteiger partial charge is 0.469 e. The average molecular weight is 479 g/mol. The van der Waals surface area contributed by atoms with Crippen molar-refractivity contribution < 1.29 is 18.3 Å². The van der Waals surface area contributed by atoms with Gasteiger partial charge in [0, 0.05) is 22.9 Å². The third-order valence-electron chi connectivity index (χ3n) is 5.98. The van der Waals surface area contributed by atoms with Gasteiger partial charge in [-0.1, -0.05) is 11.6 Å². The van der Waals surface area contributed by atoms with Gasteiger partial charge in [-0.15, -0.1) is 0 Å². The first-order valence-corrected chi connectivity index (χ1v) is 10.8. The molecular weight excluding hydrogens is 458 g/mol. The second kappa shape index (κ2) is 8.38. The number of aromatic nitrogens is 5. The molecular formula is C21H21ClF2N6O3. The summed E-state index contributed by atoms with van der Waals surface area (Å²) in [6.45, 7) is 4.91. The molecule has 174 valence electrons. The van der Waals surface area contributed by atoms with E-state index >= 15 is 0 Å². The number of pyridine rings is 1. The van der Waals surface area contributed by atoms with E-state index in [0.717, 1.165) is 11.9 Å². The summed E-state index contributed by atoms with van der Waals surface area (Å²) >= 11 is 6.04. The maximum Gasteiger partial charge on any atom is 0.285 e. The minimum absolute atomic E-state index is 0.0297. The summed E-state index contributed by atoms with van der Waals surface area (Å²) < 4.78 is 42.4. The highest BCUT2D eigenvalue weighted by Crippen LogP contribution is 2.34. The topological polar surface area (TPSA) is 98.2 Å². The second-order valence-corrected chi connectivity index (χ2v) is 8.54. The lowest BCUT2D eigenvalue weighted by atomic mass is 10.0. The Balaban J connectivity index is 1.40. The van der Waals surface area contributed by atoms with Crippen LogP contribution in [0.25, 0.3) is 11.1 Å². The summed E-state index contributed by atoms with van der Waals surface area (Å²) in [7, 11) is 0. The van der Waals surface area contributed by atoms with Crippen molar-refractivity contribution in [2.45, 2.75) is 32.2 Å². The summed E-state index contributed by atoms with van der Waals surface area (Å²) in [5.41, 5.74) is 2.18. The molecule has 1 N–H and O–H groups in total. The van der Waals surface area contributed by atoms with Gasteiger partial charge < -0.3 is 14.4 Å². The molecule has 2 fully saturated rings. The Hall–Kier alpha value is -3.05. The van der Waals surface area contributed by atoms with Crippen LogP contribution in [0, 0.1) is 19.7 Å². The molecule has 5 heterocycles. The molecule has 0 saturated carbocycles. The van der Waals surface area contributed by atoms with Crippen LogP contribution in [0.15, 0.2) is 23.3 Å². The standard InChI is InChI=1S/C21H21ClF2N6O3/c1-10-19(11(2)30(28-10)12-8-32-9-12)13-3-18(25-4-14(13)23)33-17-7-29(6-15(17)24)16-5-26-27-21(31)20(16)22/h3-5,12,15,17H,6-9H2,1-2H3,(H,27,31)/t15-,17-/m0/s1. The van der Waals surface area contributed by atoms with E-state index in [1.165, 1.54) is 12.3 Å². The molecule has 0 amide bonds. The summed E-state index contributed by atoms with van der Waals surface area (Å²) in [5, 5.41) is 10.4. The summed E-state index contributed by atoms with van der Waals surface area (Å²) in [5.74, 6) is -0.432. The SMILES string of the molecule is Cc1nn(C2COC2)c(C)c1-c1cc(O[C@H]2CN(c3cn[nH]c(=O)c3Cl)C[C@@H]2F)ncc1F.